The lowest BCUT2D eigenvalue weighted by Gasteiger charge is -2.37. The van der Waals surface area contributed by atoms with Crippen LogP contribution in [0.15, 0.2) is 24.3 Å². The van der Waals surface area contributed by atoms with Crippen LogP contribution in [0.3, 0.4) is 0 Å². The number of aromatic amines is 1. The number of nitrogens with one attached hydrogen (secondary N) is 3. The van der Waals surface area contributed by atoms with Crippen LogP contribution in [-0.2, 0) is 22.6 Å². The minimum atomic E-state index is -0.667. The van der Waals surface area contributed by atoms with E-state index in [9.17, 15) is 14.4 Å². The van der Waals surface area contributed by atoms with Gasteiger partial charge >= 0.3 is 12.1 Å². The topological polar surface area (TPSA) is 162 Å². The number of likely N-dealkylation sites (tertiary alicyclic amines) is 2. The van der Waals surface area contributed by atoms with Gasteiger partial charge in [-0.2, -0.15) is 14.9 Å². The first kappa shape index (κ1) is 47.1. The zero-order valence-electron chi connectivity index (χ0n) is 36.3. The van der Waals surface area contributed by atoms with Gasteiger partial charge in [0.25, 0.3) is 17.3 Å². The number of piperidine rings is 2. The lowest BCUT2D eigenvalue weighted by Crippen LogP contribution is -2.50. The Bertz CT molecular complexity index is 2330. The molecule has 8 heterocycles. The van der Waals surface area contributed by atoms with Gasteiger partial charge in [-0.25, -0.2) is 19.3 Å². The molecule has 0 bridgehead atoms. The van der Waals surface area contributed by atoms with E-state index >= 15 is 0 Å². The number of hydrogen-bond acceptors (Lipinski definition) is 11. The number of urea groups is 2. The molecule has 17 nitrogen and oxygen atoms in total. The number of hydrogen-bond donors (Lipinski definition) is 3. The van der Waals surface area contributed by atoms with E-state index in [4.69, 9.17) is 45.8 Å². The highest BCUT2D eigenvalue weighted by atomic mass is 35.5. The van der Waals surface area contributed by atoms with Gasteiger partial charge in [-0.3, -0.25) is 9.89 Å². The van der Waals surface area contributed by atoms with Crippen LogP contribution in [0.1, 0.15) is 84.2 Å². The predicted octanol–water partition coefficient (Wildman–Crippen LogP) is 9.00. The van der Waals surface area contributed by atoms with E-state index < -0.39 is 5.41 Å². The summed E-state index contributed by atoms with van der Waals surface area (Å²) < 4.78 is 13.5. The van der Waals surface area contributed by atoms with Crippen molar-refractivity contribution in [3.05, 3.63) is 76.9 Å². The number of carbonyl (C=O) groups is 3. The van der Waals surface area contributed by atoms with E-state index in [1.807, 2.05) is 64.6 Å². The van der Waals surface area contributed by atoms with Gasteiger partial charge in [-0.1, -0.05) is 44.0 Å². The Hall–Kier alpha value is -4.89. The maximum atomic E-state index is 13.3. The van der Waals surface area contributed by atoms with Crippen molar-refractivity contribution in [3.8, 4) is 0 Å². The maximum Gasteiger partial charge on any atom is 0.320 e. The summed E-state index contributed by atoms with van der Waals surface area (Å²) >= 11 is 15.0. The summed E-state index contributed by atoms with van der Waals surface area (Å²) in [6.45, 7) is 29.5. The highest BCUT2D eigenvalue weighted by Crippen LogP contribution is 2.41. The van der Waals surface area contributed by atoms with Crippen LogP contribution in [0, 0.1) is 18.6 Å². The first-order valence-electron chi connectivity index (χ1n) is 21.5. The van der Waals surface area contributed by atoms with E-state index in [1.165, 1.54) is 27.4 Å². The Kier molecular flexibility index (Phi) is 15.7. The lowest BCUT2D eigenvalue weighted by atomic mass is 9.93. The normalized spacial score (nSPS) is 17.6. The summed E-state index contributed by atoms with van der Waals surface area (Å²) in [6.07, 6.45) is 3.03. The monoisotopic (exact) mass is 952 g/mol. The van der Waals surface area contributed by atoms with Crippen LogP contribution in [0.2, 0.25) is 8.67 Å². The summed E-state index contributed by atoms with van der Waals surface area (Å²) in [5, 5.41) is 18.6. The van der Waals surface area contributed by atoms with Gasteiger partial charge in [0.1, 0.15) is 5.82 Å². The molecule has 8 rings (SSSR count). The molecule has 4 amide bonds. The van der Waals surface area contributed by atoms with Crippen molar-refractivity contribution in [2.75, 3.05) is 89.4 Å². The molecule has 3 N–H and O–H groups in total. The molecule has 0 spiro atoms. The molecular formula is C43H54Cl2N12O5S2. The molecule has 4 aromatic rings. The molecule has 0 atom stereocenters. The Morgan fingerprint density at radius 1 is 0.734 bits per heavy atom. The Labute approximate surface area is 391 Å². The molecule has 4 aromatic heterocycles. The summed E-state index contributed by atoms with van der Waals surface area (Å²) in [6, 6.07) is 7.72. The van der Waals surface area contributed by atoms with Crippen LogP contribution in [-0.4, -0.2) is 136 Å². The van der Waals surface area contributed by atoms with Crippen molar-refractivity contribution < 1.29 is 23.9 Å². The standard InChI is InChI=1S/C24H31ClN6O3S.C19H23ClN6O2S/c1-24(2,3)22(32)31-21(27-15-17-5-6-18(25)35-17)20(26-4)19(28-31)16-7-9-29(10-8-16)23(33)30-11-13-34-14-12-30;1-21-17-16(23-24-18(17)22-12-14-2-3-15(20)29-14)13-4-6-25(7-5-13)19(27)26-8-10-28-11-9-26/h5-6,16,27H,7-15H2,1-3H3;2-3,13H,4-12H2,(H2,22,23,24). The second kappa shape index (κ2) is 21.4. The summed E-state index contributed by atoms with van der Waals surface area (Å²) in [7, 11) is 0. The predicted molar refractivity (Wildman–Crippen MR) is 249 cm³/mol. The molecule has 0 saturated carbocycles. The van der Waals surface area contributed by atoms with Gasteiger partial charge < -0.3 is 39.7 Å². The third-order valence-corrected chi connectivity index (χ3v) is 14.2. The molecule has 0 radical (unpaired) electrons. The largest absolute Gasteiger partial charge is 0.378 e. The molecule has 4 aliphatic heterocycles. The quantitative estimate of drug-likeness (QED) is 0.146. The third-order valence-electron chi connectivity index (χ3n) is 11.7. The number of anilines is 2. The van der Waals surface area contributed by atoms with Crippen molar-refractivity contribution in [1.29, 1.82) is 0 Å². The molecule has 0 aliphatic carbocycles. The number of amides is 4. The average Bonchev–Trinajstić information content (AvgIpc) is 4.13. The Balaban J connectivity index is 0.000000195. The number of halogens is 2. The van der Waals surface area contributed by atoms with E-state index in [0.29, 0.717) is 138 Å². The minimum absolute atomic E-state index is 0.00131. The summed E-state index contributed by atoms with van der Waals surface area (Å²) in [5.41, 5.74) is 1.75. The Morgan fingerprint density at radius 2 is 1.20 bits per heavy atom. The molecule has 64 heavy (non-hydrogen) atoms. The van der Waals surface area contributed by atoms with Crippen LogP contribution in [0.25, 0.3) is 9.69 Å². The lowest BCUT2D eigenvalue weighted by molar-refractivity contribution is 0.0411. The Morgan fingerprint density at radius 3 is 1.66 bits per heavy atom. The van der Waals surface area contributed by atoms with E-state index in [2.05, 4.69) is 35.6 Å². The molecule has 0 aromatic carbocycles. The fourth-order valence-corrected chi connectivity index (χ4v) is 10.2. The van der Waals surface area contributed by atoms with E-state index in [-0.39, 0.29) is 29.8 Å². The number of nitrogens with zero attached hydrogens (tertiary/aromatic N) is 9. The SMILES string of the molecule is [C-]#[N+]c1c(C2CCN(C(=O)N3CCOCC3)CC2)nn(C(=O)C(C)(C)C)c1NCc1ccc(Cl)s1.[C-]#[N+]c1c(NCc2ccc(Cl)s2)n[nH]c1C1CCN(C(=O)N2CCOCC2)CC1. The van der Waals surface area contributed by atoms with Crippen molar-refractivity contribution >= 4 is 86.9 Å². The van der Waals surface area contributed by atoms with E-state index in [0.717, 1.165) is 32.6 Å². The van der Waals surface area contributed by atoms with Gasteiger partial charge in [-0.15, -0.1) is 22.7 Å². The fraction of sp³-hybridized carbons (Fsp3) is 0.558. The van der Waals surface area contributed by atoms with Gasteiger partial charge in [0.15, 0.2) is 5.82 Å². The summed E-state index contributed by atoms with van der Waals surface area (Å²) in [5.74, 6) is 1.02. The van der Waals surface area contributed by atoms with Crippen LogP contribution >= 0.6 is 45.9 Å². The number of ether oxygens (including phenoxy) is 2. The van der Waals surface area contributed by atoms with Crippen LogP contribution < -0.4 is 10.6 Å². The maximum absolute atomic E-state index is 13.3. The zero-order valence-corrected chi connectivity index (χ0v) is 39.5. The summed E-state index contributed by atoms with van der Waals surface area (Å²) in [4.78, 5) is 55.9. The average molecular weight is 954 g/mol. The third kappa shape index (κ3) is 11.3. The number of H-pyrrole nitrogens is 1. The van der Waals surface area contributed by atoms with Gasteiger partial charge in [0.2, 0.25) is 0 Å². The smallest absolute Gasteiger partial charge is 0.320 e. The van der Waals surface area contributed by atoms with Gasteiger partial charge in [-0.05, 0) is 61.8 Å². The number of aromatic nitrogens is 4. The second-order valence-corrected chi connectivity index (χ2v) is 20.6. The second-order valence-electron chi connectivity index (χ2n) is 17.0. The molecule has 342 valence electrons. The molecular weight excluding hydrogens is 900 g/mol. The highest BCUT2D eigenvalue weighted by Gasteiger charge is 2.35. The fourth-order valence-electron chi connectivity index (χ4n) is 8.15. The van der Waals surface area contributed by atoms with Gasteiger partial charge in [0.05, 0.1) is 53.9 Å². The van der Waals surface area contributed by atoms with Crippen molar-refractivity contribution in [2.45, 2.75) is 71.4 Å². The van der Waals surface area contributed by atoms with Crippen molar-refractivity contribution in [3.63, 3.8) is 0 Å². The minimum Gasteiger partial charge on any atom is -0.378 e. The van der Waals surface area contributed by atoms with E-state index in [1.54, 1.807) is 0 Å². The molecule has 0 unspecified atom stereocenters. The molecule has 4 saturated heterocycles. The molecule has 4 fully saturated rings. The molecule has 4 aliphatic rings. The number of carbonyl (C=O) groups excluding carboxylic acids is 3. The molecule has 21 heteroatoms. The number of rotatable bonds is 8. The zero-order chi connectivity index (χ0) is 45.4. The van der Waals surface area contributed by atoms with Crippen LogP contribution in [0.5, 0.6) is 0 Å². The van der Waals surface area contributed by atoms with Crippen molar-refractivity contribution in [2.24, 2.45) is 5.41 Å². The van der Waals surface area contributed by atoms with Crippen LogP contribution in [0.4, 0.5) is 32.6 Å². The van der Waals surface area contributed by atoms with Gasteiger partial charge in [0, 0.05) is 86.3 Å². The highest BCUT2D eigenvalue weighted by molar-refractivity contribution is 7.16. The first-order chi connectivity index (χ1) is 30.8. The first-order valence-corrected chi connectivity index (χ1v) is 23.9. The number of thiophene rings is 2. The van der Waals surface area contributed by atoms with Crippen molar-refractivity contribution in [1.82, 2.24) is 39.6 Å². The number of morpholine rings is 2.